The fraction of sp³-hybridized carbons (Fsp3) is 0.500. The number of benzene rings is 1. The molecule has 1 saturated heterocycles. The summed E-state index contributed by atoms with van der Waals surface area (Å²) in [5.74, 6) is 0.806. The molecule has 0 spiro atoms. The minimum absolute atomic E-state index is 0.0664. The molecule has 1 aromatic carbocycles. The Balaban J connectivity index is 2.12. The highest BCUT2D eigenvalue weighted by Crippen LogP contribution is 2.21. The monoisotopic (exact) mass is 234 g/mol. The molecule has 3 nitrogen and oxygen atoms in total. The average molecular weight is 234 g/mol. The van der Waals surface area contributed by atoms with E-state index in [0.29, 0.717) is 12.2 Å². The molecule has 1 aliphatic rings. The minimum Gasteiger partial charge on any atom is -0.491 e. The van der Waals surface area contributed by atoms with E-state index in [1.807, 2.05) is 32.0 Å². The summed E-state index contributed by atoms with van der Waals surface area (Å²) in [6.45, 7) is 4.63. The van der Waals surface area contributed by atoms with E-state index in [1.54, 1.807) is 6.07 Å². The molecule has 0 aromatic heterocycles. The Kier molecular flexibility index (Phi) is 3.79. The fourth-order valence-electron chi connectivity index (χ4n) is 1.97. The van der Waals surface area contributed by atoms with Crippen molar-refractivity contribution in [2.75, 3.05) is 6.61 Å². The molecule has 1 unspecified atom stereocenters. The first-order valence-corrected chi connectivity index (χ1v) is 6.09. The first kappa shape index (κ1) is 12.1. The molecule has 3 heteroatoms. The first-order valence-electron chi connectivity index (χ1n) is 6.09. The molecule has 1 aromatic rings. The maximum Gasteiger partial charge on any atom is 0.191 e. The van der Waals surface area contributed by atoms with Crippen LogP contribution in [0.5, 0.6) is 5.75 Å². The van der Waals surface area contributed by atoms with Crippen molar-refractivity contribution >= 4 is 5.78 Å². The van der Waals surface area contributed by atoms with Gasteiger partial charge in [-0.05, 0) is 38.8 Å². The number of hydrogen-bond acceptors (Lipinski definition) is 3. The predicted octanol–water partition coefficient (Wildman–Crippen LogP) is 2.84. The van der Waals surface area contributed by atoms with Crippen molar-refractivity contribution in [3.63, 3.8) is 0 Å². The number of ketones is 1. The lowest BCUT2D eigenvalue weighted by Crippen LogP contribution is -2.19. The van der Waals surface area contributed by atoms with Gasteiger partial charge in [-0.2, -0.15) is 0 Å². The maximum atomic E-state index is 12.1. The van der Waals surface area contributed by atoms with Crippen LogP contribution in [0.25, 0.3) is 0 Å². The summed E-state index contributed by atoms with van der Waals surface area (Å²) in [6.07, 6.45) is 1.65. The second kappa shape index (κ2) is 5.32. The van der Waals surface area contributed by atoms with Crippen LogP contribution in [0.2, 0.25) is 0 Å². The third-order valence-electron chi connectivity index (χ3n) is 2.71. The third kappa shape index (κ3) is 3.07. The second-order valence-corrected chi connectivity index (χ2v) is 4.56. The van der Waals surface area contributed by atoms with Crippen molar-refractivity contribution < 1.29 is 14.3 Å². The van der Waals surface area contributed by atoms with Gasteiger partial charge < -0.3 is 9.47 Å². The van der Waals surface area contributed by atoms with Crippen LogP contribution in [0.1, 0.15) is 37.0 Å². The van der Waals surface area contributed by atoms with Crippen molar-refractivity contribution in [3.8, 4) is 5.75 Å². The zero-order chi connectivity index (χ0) is 12.3. The van der Waals surface area contributed by atoms with Gasteiger partial charge in [-0.15, -0.1) is 0 Å². The van der Waals surface area contributed by atoms with Crippen LogP contribution in [-0.4, -0.2) is 24.6 Å². The van der Waals surface area contributed by atoms with Crippen LogP contribution in [-0.2, 0) is 4.74 Å². The Morgan fingerprint density at radius 3 is 2.94 bits per heavy atom. The number of carbonyl (C=O) groups is 1. The van der Waals surface area contributed by atoms with Gasteiger partial charge in [0, 0.05) is 12.2 Å². The van der Waals surface area contributed by atoms with Crippen molar-refractivity contribution in [1.82, 2.24) is 0 Å². The SMILES string of the molecule is CC(C)Oc1cccc(C(=O)C2CCCO2)c1. The topological polar surface area (TPSA) is 35.5 Å². The van der Waals surface area contributed by atoms with Gasteiger partial charge in [0.1, 0.15) is 11.9 Å². The van der Waals surface area contributed by atoms with Gasteiger partial charge in [-0.25, -0.2) is 0 Å². The quantitative estimate of drug-likeness (QED) is 0.751. The highest BCUT2D eigenvalue weighted by atomic mass is 16.5. The summed E-state index contributed by atoms with van der Waals surface area (Å²) in [6, 6.07) is 7.33. The van der Waals surface area contributed by atoms with Gasteiger partial charge in [0.2, 0.25) is 0 Å². The van der Waals surface area contributed by atoms with Gasteiger partial charge in [0.25, 0.3) is 0 Å². The molecule has 1 heterocycles. The summed E-state index contributed by atoms with van der Waals surface area (Å²) >= 11 is 0. The third-order valence-corrected chi connectivity index (χ3v) is 2.71. The van der Waals surface area contributed by atoms with Crippen LogP contribution in [0.3, 0.4) is 0 Å². The van der Waals surface area contributed by atoms with Gasteiger partial charge in [-0.3, -0.25) is 4.79 Å². The highest BCUT2D eigenvalue weighted by molar-refractivity contribution is 5.99. The summed E-state index contributed by atoms with van der Waals surface area (Å²) in [7, 11) is 0. The van der Waals surface area contributed by atoms with E-state index in [-0.39, 0.29) is 18.0 Å². The van der Waals surface area contributed by atoms with Crippen LogP contribution in [0.4, 0.5) is 0 Å². The molecule has 1 aliphatic heterocycles. The maximum absolute atomic E-state index is 12.1. The molecule has 0 radical (unpaired) electrons. The number of carbonyl (C=O) groups excluding carboxylic acids is 1. The largest absolute Gasteiger partial charge is 0.491 e. The Bertz CT molecular complexity index is 392. The number of hydrogen-bond donors (Lipinski definition) is 0. The lowest BCUT2D eigenvalue weighted by Gasteiger charge is -2.12. The molecule has 2 rings (SSSR count). The number of rotatable bonds is 4. The van der Waals surface area contributed by atoms with Crippen molar-refractivity contribution in [2.24, 2.45) is 0 Å². The Morgan fingerprint density at radius 1 is 1.47 bits per heavy atom. The standard InChI is InChI=1S/C14H18O3/c1-10(2)17-12-6-3-5-11(9-12)14(15)13-7-4-8-16-13/h3,5-6,9-10,13H,4,7-8H2,1-2H3. The summed E-state index contributed by atoms with van der Waals surface area (Å²) in [5.41, 5.74) is 0.676. The first-order chi connectivity index (χ1) is 8.16. The smallest absolute Gasteiger partial charge is 0.191 e. The van der Waals surface area contributed by atoms with E-state index in [1.165, 1.54) is 0 Å². The van der Waals surface area contributed by atoms with Gasteiger partial charge in [-0.1, -0.05) is 12.1 Å². The summed E-state index contributed by atoms with van der Waals surface area (Å²) in [5, 5.41) is 0. The zero-order valence-corrected chi connectivity index (χ0v) is 10.3. The molecule has 1 atom stereocenters. The molecule has 0 saturated carbocycles. The molecule has 92 valence electrons. The van der Waals surface area contributed by atoms with E-state index in [0.717, 1.165) is 18.6 Å². The van der Waals surface area contributed by atoms with E-state index < -0.39 is 0 Å². The van der Waals surface area contributed by atoms with Crippen molar-refractivity contribution in [1.29, 1.82) is 0 Å². The Hall–Kier alpha value is -1.35. The Labute approximate surface area is 102 Å². The van der Waals surface area contributed by atoms with Gasteiger partial charge in [0.15, 0.2) is 5.78 Å². The lowest BCUT2D eigenvalue weighted by molar-refractivity contribution is 0.0642. The molecular formula is C14H18O3. The van der Waals surface area contributed by atoms with E-state index in [4.69, 9.17) is 9.47 Å². The second-order valence-electron chi connectivity index (χ2n) is 4.56. The number of ether oxygens (including phenoxy) is 2. The van der Waals surface area contributed by atoms with Crippen LogP contribution < -0.4 is 4.74 Å². The summed E-state index contributed by atoms with van der Waals surface area (Å²) in [4.78, 5) is 12.1. The molecule has 0 bridgehead atoms. The Morgan fingerprint density at radius 2 is 2.29 bits per heavy atom. The molecule has 0 N–H and O–H groups in total. The molecule has 1 fully saturated rings. The molecule has 0 aliphatic carbocycles. The predicted molar refractivity (Wildman–Crippen MR) is 65.5 cm³/mol. The number of Topliss-reactive ketones (excluding diaryl/α,β-unsaturated/α-hetero) is 1. The minimum atomic E-state index is -0.260. The molecule has 0 amide bonds. The van der Waals surface area contributed by atoms with Crippen LogP contribution in [0.15, 0.2) is 24.3 Å². The van der Waals surface area contributed by atoms with E-state index in [2.05, 4.69) is 0 Å². The van der Waals surface area contributed by atoms with Crippen molar-refractivity contribution in [2.45, 2.75) is 38.9 Å². The zero-order valence-electron chi connectivity index (χ0n) is 10.3. The molecule has 17 heavy (non-hydrogen) atoms. The van der Waals surface area contributed by atoms with E-state index >= 15 is 0 Å². The van der Waals surface area contributed by atoms with Crippen molar-refractivity contribution in [3.05, 3.63) is 29.8 Å². The fourth-order valence-corrected chi connectivity index (χ4v) is 1.97. The van der Waals surface area contributed by atoms with E-state index in [9.17, 15) is 4.79 Å². The van der Waals surface area contributed by atoms with Gasteiger partial charge >= 0.3 is 0 Å². The highest BCUT2D eigenvalue weighted by Gasteiger charge is 2.24. The average Bonchev–Trinajstić information content (AvgIpc) is 2.81. The normalized spacial score (nSPS) is 19.6. The van der Waals surface area contributed by atoms with Crippen LogP contribution >= 0.6 is 0 Å². The lowest BCUT2D eigenvalue weighted by atomic mass is 10.0. The van der Waals surface area contributed by atoms with Gasteiger partial charge in [0.05, 0.1) is 6.10 Å². The molecular weight excluding hydrogens is 216 g/mol. The summed E-state index contributed by atoms with van der Waals surface area (Å²) < 4.78 is 11.0. The van der Waals surface area contributed by atoms with Crippen LogP contribution in [0, 0.1) is 0 Å².